The molecule has 0 saturated heterocycles. The minimum atomic E-state index is 0.566. The van der Waals surface area contributed by atoms with Crippen molar-refractivity contribution in [2.45, 2.75) is 45.1 Å². The van der Waals surface area contributed by atoms with Crippen LogP contribution in [-0.2, 0) is 0 Å². The number of hydrogen-bond acceptors (Lipinski definition) is 2. The average Bonchev–Trinajstić information content (AvgIpc) is 2.48. The molecular weight excluding hydrogens is 220 g/mol. The summed E-state index contributed by atoms with van der Waals surface area (Å²) in [5.41, 5.74) is 0. The van der Waals surface area contributed by atoms with Gasteiger partial charge in [0.2, 0.25) is 0 Å². The normalized spacial score (nSPS) is 26.1. The molecule has 1 aliphatic rings. The lowest BCUT2D eigenvalue weighted by Gasteiger charge is -2.23. The molecule has 1 aromatic rings. The Hall–Kier alpha value is -0.760. The monoisotopic (exact) mass is 238 g/mol. The van der Waals surface area contributed by atoms with E-state index in [2.05, 4.69) is 17.2 Å². The summed E-state index contributed by atoms with van der Waals surface area (Å²) in [6, 6.07) is 4.41. The highest BCUT2D eigenvalue weighted by Gasteiger charge is 2.19. The molecule has 2 unspecified atom stereocenters. The van der Waals surface area contributed by atoms with Gasteiger partial charge in [-0.15, -0.1) is 0 Å². The van der Waals surface area contributed by atoms with Crippen LogP contribution < -0.4 is 5.32 Å². The highest BCUT2D eigenvalue weighted by molar-refractivity contribution is 6.30. The van der Waals surface area contributed by atoms with Crippen molar-refractivity contribution in [2.75, 3.05) is 5.32 Å². The third-order valence-corrected chi connectivity index (χ3v) is 3.65. The third-order valence-electron chi connectivity index (χ3n) is 3.42. The molecule has 0 aromatic carbocycles. The van der Waals surface area contributed by atoms with Crippen molar-refractivity contribution < 1.29 is 0 Å². The molecule has 1 aromatic heterocycles. The Morgan fingerprint density at radius 2 is 2.06 bits per heavy atom. The van der Waals surface area contributed by atoms with Crippen molar-refractivity contribution in [3.8, 4) is 0 Å². The summed E-state index contributed by atoms with van der Waals surface area (Å²) < 4.78 is 0. The zero-order chi connectivity index (χ0) is 11.4. The molecule has 0 radical (unpaired) electrons. The fraction of sp³-hybridized carbons (Fsp3) is 0.615. The molecule has 1 aliphatic carbocycles. The van der Waals surface area contributed by atoms with E-state index >= 15 is 0 Å². The first-order valence-corrected chi connectivity index (χ1v) is 6.51. The molecule has 3 heteroatoms. The molecule has 1 N–H and O–H groups in total. The fourth-order valence-electron chi connectivity index (χ4n) is 2.36. The zero-order valence-electron chi connectivity index (χ0n) is 9.75. The molecule has 0 bridgehead atoms. The number of nitrogens with zero attached hydrogens (tertiary/aromatic N) is 1. The standard InChI is InChI=1S/C13H19ClN2/c1-10-5-3-2-4-6-12(10)16-13-8-7-11(14)9-15-13/h7-10,12H,2-6H2,1H3,(H,15,16). The first kappa shape index (κ1) is 11.7. The van der Waals surface area contributed by atoms with Crippen LogP contribution in [0.5, 0.6) is 0 Å². The zero-order valence-corrected chi connectivity index (χ0v) is 10.5. The Balaban J connectivity index is 1.99. The Kier molecular flexibility index (Phi) is 4.05. The Morgan fingerprint density at radius 1 is 1.25 bits per heavy atom. The molecule has 88 valence electrons. The summed E-state index contributed by atoms with van der Waals surface area (Å²) in [5, 5.41) is 4.22. The Morgan fingerprint density at radius 3 is 2.81 bits per heavy atom. The lowest BCUT2D eigenvalue weighted by Crippen LogP contribution is -2.26. The first-order chi connectivity index (χ1) is 7.75. The Labute approximate surface area is 102 Å². The van der Waals surface area contributed by atoms with Gasteiger partial charge in [0.05, 0.1) is 5.02 Å². The number of hydrogen-bond donors (Lipinski definition) is 1. The van der Waals surface area contributed by atoms with Gasteiger partial charge in [0.1, 0.15) is 5.82 Å². The van der Waals surface area contributed by atoms with Gasteiger partial charge in [-0.2, -0.15) is 0 Å². The van der Waals surface area contributed by atoms with Crippen LogP contribution in [0, 0.1) is 5.92 Å². The molecule has 1 saturated carbocycles. The van der Waals surface area contributed by atoms with Gasteiger partial charge in [0, 0.05) is 12.2 Å². The van der Waals surface area contributed by atoms with Crippen molar-refractivity contribution in [3.05, 3.63) is 23.4 Å². The van der Waals surface area contributed by atoms with Crippen LogP contribution in [0.3, 0.4) is 0 Å². The van der Waals surface area contributed by atoms with E-state index in [9.17, 15) is 0 Å². The maximum Gasteiger partial charge on any atom is 0.126 e. The quantitative estimate of drug-likeness (QED) is 0.785. The van der Waals surface area contributed by atoms with E-state index in [0.717, 1.165) is 11.7 Å². The van der Waals surface area contributed by atoms with E-state index in [1.165, 1.54) is 32.1 Å². The van der Waals surface area contributed by atoms with Crippen molar-refractivity contribution in [2.24, 2.45) is 5.92 Å². The van der Waals surface area contributed by atoms with Gasteiger partial charge >= 0.3 is 0 Å². The van der Waals surface area contributed by atoms with E-state index in [4.69, 9.17) is 11.6 Å². The predicted octanol–water partition coefficient (Wildman–Crippen LogP) is 4.12. The van der Waals surface area contributed by atoms with Crippen molar-refractivity contribution >= 4 is 17.4 Å². The molecule has 2 atom stereocenters. The molecule has 0 aliphatic heterocycles. The molecular formula is C13H19ClN2. The molecule has 2 nitrogen and oxygen atoms in total. The molecule has 0 spiro atoms. The summed E-state index contributed by atoms with van der Waals surface area (Å²) in [6.45, 7) is 2.33. The highest BCUT2D eigenvalue weighted by Crippen LogP contribution is 2.25. The number of anilines is 1. The molecule has 16 heavy (non-hydrogen) atoms. The largest absolute Gasteiger partial charge is 0.367 e. The fourth-order valence-corrected chi connectivity index (χ4v) is 2.47. The molecule has 1 heterocycles. The minimum Gasteiger partial charge on any atom is -0.367 e. The van der Waals surface area contributed by atoms with Gasteiger partial charge in [0.25, 0.3) is 0 Å². The van der Waals surface area contributed by atoms with Gasteiger partial charge in [-0.1, -0.05) is 37.8 Å². The van der Waals surface area contributed by atoms with Crippen LogP contribution in [0.15, 0.2) is 18.3 Å². The van der Waals surface area contributed by atoms with E-state index in [-0.39, 0.29) is 0 Å². The summed E-state index contributed by atoms with van der Waals surface area (Å²) in [6.07, 6.45) is 8.35. The van der Waals surface area contributed by atoms with E-state index in [1.54, 1.807) is 6.20 Å². The number of rotatable bonds is 2. The number of aromatic nitrogens is 1. The summed E-state index contributed by atoms with van der Waals surface area (Å²) in [5.74, 6) is 1.68. The second-order valence-corrected chi connectivity index (χ2v) is 5.16. The minimum absolute atomic E-state index is 0.566. The second-order valence-electron chi connectivity index (χ2n) is 4.73. The first-order valence-electron chi connectivity index (χ1n) is 6.14. The summed E-state index contributed by atoms with van der Waals surface area (Å²) in [7, 11) is 0. The number of halogens is 1. The Bertz CT molecular complexity index is 323. The summed E-state index contributed by atoms with van der Waals surface area (Å²) in [4.78, 5) is 4.29. The van der Waals surface area contributed by atoms with Gasteiger partial charge in [-0.3, -0.25) is 0 Å². The molecule has 2 rings (SSSR count). The van der Waals surface area contributed by atoms with Crippen LogP contribution in [0.4, 0.5) is 5.82 Å². The van der Waals surface area contributed by atoms with E-state index in [0.29, 0.717) is 11.1 Å². The maximum atomic E-state index is 5.82. The van der Waals surface area contributed by atoms with Gasteiger partial charge in [-0.05, 0) is 30.9 Å². The number of pyridine rings is 1. The second kappa shape index (κ2) is 5.53. The van der Waals surface area contributed by atoms with Gasteiger partial charge in [-0.25, -0.2) is 4.98 Å². The van der Waals surface area contributed by atoms with Crippen molar-refractivity contribution in [1.82, 2.24) is 4.98 Å². The predicted molar refractivity (Wildman–Crippen MR) is 68.9 cm³/mol. The van der Waals surface area contributed by atoms with Crippen LogP contribution in [0.2, 0.25) is 5.02 Å². The van der Waals surface area contributed by atoms with Gasteiger partial charge < -0.3 is 5.32 Å². The van der Waals surface area contributed by atoms with Crippen LogP contribution in [0.1, 0.15) is 39.0 Å². The lowest BCUT2D eigenvalue weighted by atomic mass is 9.97. The lowest BCUT2D eigenvalue weighted by molar-refractivity contribution is 0.455. The smallest absolute Gasteiger partial charge is 0.126 e. The van der Waals surface area contributed by atoms with Gasteiger partial charge in [0.15, 0.2) is 0 Å². The third kappa shape index (κ3) is 3.11. The van der Waals surface area contributed by atoms with Crippen LogP contribution in [-0.4, -0.2) is 11.0 Å². The topological polar surface area (TPSA) is 24.9 Å². The molecule has 1 fully saturated rings. The van der Waals surface area contributed by atoms with Crippen molar-refractivity contribution in [3.63, 3.8) is 0 Å². The highest BCUT2D eigenvalue weighted by atomic mass is 35.5. The van der Waals surface area contributed by atoms with Crippen LogP contribution in [0.25, 0.3) is 0 Å². The maximum absolute atomic E-state index is 5.82. The SMILES string of the molecule is CC1CCCCCC1Nc1ccc(Cl)cn1. The molecule has 0 amide bonds. The van der Waals surface area contributed by atoms with Crippen molar-refractivity contribution in [1.29, 1.82) is 0 Å². The van der Waals surface area contributed by atoms with E-state index in [1.807, 2.05) is 12.1 Å². The average molecular weight is 239 g/mol. The van der Waals surface area contributed by atoms with Crippen LogP contribution >= 0.6 is 11.6 Å². The van der Waals surface area contributed by atoms with E-state index < -0.39 is 0 Å². The number of nitrogens with one attached hydrogen (secondary N) is 1. The summed E-state index contributed by atoms with van der Waals surface area (Å²) >= 11 is 5.82.